The molecule has 7 heteroatoms. The number of nitrogens with zero attached hydrogens (tertiary/aromatic N) is 2. The third kappa shape index (κ3) is 2.95. The van der Waals surface area contributed by atoms with Crippen LogP contribution in [0.25, 0.3) is 0 Å². The number of hydrazine groups is 1. The van der Waals surface area contributed by atoms with Crippen molar-refractivity contribution in [3.05, 3.63) is 24.3 Å². The van der Waals surface area contributed by atoms with E-state index in [0.29, 0.717) is 12.5 Å². The Labute approximate surface area is 153 Å². The van der Waals surface area contributed by atoms with Gasteiger partial charge in [-0.1, -0.05) is 0 Å². The van der Waals surface area contributed by atoms with Gasteiger partial charge in [0.15, 0.2) is 0 Å². The predicted molar refractivity (Wildman–Crippen MR) is 97.6 cm³/mol. The number of nitrogens with one attached hydrogen (secondary N) is 2. The number of piperazine rings is 1. The molecule has 2 heterocycles. The molecule has 1 saturated carbocycles. The second-order valence-corrected chi connectivity index (χ2v) is 7.43. The maximum Gasteiger partial charge on any atom is 0.241 e. The molecule has 2 aliphatic heterocycles. The van der Waals surface area contributed by atoms with Gasteiger partial charge in [0.2, 0.25) is 11.8 Å². The van der Waals surface area contributed by atoms with Crippen LogP contribution in [0.1, 0.15) is 25.7 Å². The number of rotatable bonds is 3. The summed E-state index contributed by atoms with van der Waals surface area (Å²) >= 11 is 0. The molecule has 1 aliphatic carbocycles. The summed E-state index contributed by atoms with van der Waals surface area (Å²) in [6, 6.07) is 7.71. The topological polar surface area (TPSA) is 73.9 Å². The van der Waals surface area contributed by atoms with Gasteiger partial charge in [0.1, 0.15) is 11.8 Å². The molecule has 2 amide bonds. The van der Waals surface area contributed by atoms with E-state index >= 15 is 0 Å². The van der Waals surface area contributed by atoms with Crippen molar-refractivity contribution in [3.8, 4) is 5.75 Å². The molecule has 0 radical (unpaired) electrons. The summed E-state index contributed by atoms with van der Waals surface area (Å²) in [4.78, 5) is 27.2. The van der Waals surface area contributed by atoms with Gasteiger partial charge in [-0.2, -0.15) is 0 Å². The first kappa shape index (κ1) is 17.3. The molecule has 4 rings (SSSR count). The zero-order valence-electron chi connectivity index (χ0n) is 15.3. The first-order valence-corrected chi connectivity index (χ1v) is 9.32. The van der Waals surface area contributed by atoms with E-state index in [1.54, 1.807) is 7.11 Å². The average molecular weight is 358 g/mol. The van der Waals surface area contributed by atoms with Gasteiger partial charge in [-0.3, -0.25) is 15.0 Å². The van der Waals surface area contributed by atoms with Gasteiger partial charge in [0.05, 0.1) is 7.11 Å². The highest BCUT2D eigenvalue weighted by Crippen LogP contribution is 2.37. The number of hydrogen-bond acceptors (Lipinski definition) is 5. The quantitative estimate of drug-likeness (QED) is 0.850. The van der Waals surface area contributed by atoms with E-state index in [2.05, 4.69) is 15.8 Å². The highest BCUT2D eigenvalue weighted by molar-refractivity contribution is 5.93. The Bertz CT molecular complexity index is 693. The standard InChI is InChI=1S/C19H26N4O3/c1-22-17-11-12(18(24)21-13-4-6-14(26-2)7-5-13)3-8-15(17)23-16(19(22)25)9-10-20-23/h4-7,12,15-17,20H,3,8-11H2,1-2H3,(H,21,24). The largest absolute Gasteiger partial charge is 0.497 e. The van der Waals surface area contributed by atoms with E-state index < -0.39 is 0 Å². The molecule has 1 aromatic carbocycles. The fourth-order valence-electron chi connectivity index (χ4n) is 4.60. The third-order valence-electron chi connectivity index (χ3n) is 6.04. The van der Waals surface area contributed by atoms with Crippen LogP contribution in [0.15, 0.2) is 24.3 Å². The maximum absolute atomic E-state index is 12.7. The number of fused-ring (bicyclic) bond motifs is 3. The Morgan fingerprint density at radius 1 is 1.19 bits per heavy atom. The molecule has 140 valence electrons. The van der Waals surface area contributed by atoms with Crippen molar-refractivity contribution in [2.75, 3.05) is 26.0 Å². The van der Waals surface area contributed by atoms with E-state index in [1.807, 2.05) is 36.2 Å². The van der Waals surface area contributed by atoms with Gasteiger partial charge >= 0.3 is 0 Å². The summed E-state index contributed by atoms with van der Waals surface area (Å²) < 4.78 is 5.15. The number of carbonyl (C=O) groups is 2. The highest BCUT2D eigenvalue weighted by atomic mass is 16.5. The van der Waals surface area contributed by atoms with Crippen molar-refractivity contribution >= 4 is 17.5 Å². The Hall–Kier alpha value is -2.12. The highest BCUT2D eigenvalue weighted by Gasteiger charge is 2.50. The normalized spacial score (nSPS) is 31.3. The summed E-state index contributed by atoms with van der Waals surface area (Å²) in [7, 11) is 3.51. The number of benzene rings is 1. The number of ether oxygens (including phenoxy) is 1. The van der Waals surface area contributed by atoms with Gasteiger partial charge in [-0.15, -0.1) is 0 Å². The molecule has 3 aliphatic rings. The molecule has 4 atom stereocenters. The molecule has 4 unspecified atom stereocenters. The number of likely N-dealkylation sites (N-methyl/N-ethyl adjacent to an activating group) is 1. The second kappa shape index (κ2) is 6.89. The lowest BCUT2D eigenvalue weighted by molar-refractivity contribution is -0.153. The molecule has 0 bridgehead atoms. The van der Waals surface area contributed by atoms with Crippen LogP contribution in [0.2, 0.25) is 0 Å². The smallest absolute Gasteiger partial charge is 0.241 e. The molecule has 2 saturated heterocycles. The van der Waals surface area contributed by atoms with Gasteiger partial charge in [0, 0.05) is 37.3 Å². The molecule has 0 aromatic heterocycles. The Kier molecular flexibility index (Phi) is 4.58. The molecule has 0 spiro atoms. The lowest BCUT2D eigenvalue weighted by Gasteiger charge is -2.50. The SMILES string of the molecule is COc1ccc(NC(=O)C2CCC3C(C2)N(C)C(=O)C2CCNN23)cc1. The first-order valence-electron chi connectivity index (χ1n) is 9.32. The summed E-state index contributed by atoms with van der Waals surface area (Å²) in [5, 5.41) is 5.16. The van der Waals surface area contributed by atoms with Crippen LogP contribution in [0.3, 0.4) is 0 Å². The lowest BCUT2D eigenvalue weighted by atomic mass is 9.79. The Morgan fingerprint density at radius 3 is 2.69 bits per heavy atom. The summed E-state index contributed by atoms with van der Waals surface area (Å²) in [6.45, 7) is 0.856. The second-order valence-electron chi connectivity index (χ2n) is 7.43. The minimum Gasteiger partial charge on any atom is -0.497 e. The van der Waals surface area contributed by atoms with Crippen LogP contribution in [0, 0.1) is 5.92 Å². The minimum absolute atomic E-state index is 0.0333. The zero-order chi connectivity index (χ0) is 18.3. The molecular formula is C19H26N4O3. The van der Waals surface area contributed by atoms with Crippen molar-refractivity contribution in [2.45, 2.75) is 43.8 Å². The van der Waals surface area contributed by atoms with Crippen LogP contribution in [0.5, 0.6) is 5.75 Å². The number of hydrogen-bond donors (Lipinski definition) is 2. The van der Waals surface area contributed by atoms with E-state index in [4.69, 9.17) is 4.74 Å². The van der Waals surface area contributed by atoms with Gasteiger partial charge in [-0.25, -0.2) is 5.01 Å². The summed E-state index contributed by atoms with van der Waals surface area (Å²) in [5.41, 5.74) is 4.15. The van der Waals surface area contributed by atoms with E-state index in [0.717, 1.165) is 37.2 Å². The molecule has 26 heavy (non-hydrogen) atoms. The molecule has 3 fully saturated rings. The van der Waals surface area contributed by atoms with Gasteiger partial charge < -0.3 is 15.0 Å². The predicted octanol–water partition coefficient (Wildman–Crippen LogP) is 1.22. The maximum atomic E-state index is 12.7. The van der Waals surface area contributed by atoms with Crippen molar-refractivity contribution in [1.82, 2.24) is 15.3 Å². The fraction of sp³-hybridized carbons (Fsp3) is 0.579. The number of amides is 2. The average Bonchev–Trinajstić information content (AvgIpc) is 3.16. The summed E-state index contributed by atoms with van der Waals surface area (Å²) in [5.74, 6) is 0.893. The van der Waals surface area contributed by atoms with Crippen molar-refractivity contribution < 1.29 is 14.3 Å². The zero-order valence-corrected chi connectivity index (χ0v) is 15.3. The first-order chi connectivity index (χ1) is 12.6. The van der Waals surface area contributed by atoms with E-state index in [1.165, 1.54) is 0 Å². The van der Waals surface area contributed by atoms with Crippen LogP contribution in [-0.4, -0.2) is 60.6 Å². The monoisotopic (exact) mass is 358 g/mol. The Balaban J connectivity index is 1.43. The minimum atomic E-state index is -0.0762. The Morgan fingerprint density at radius 2 is 1.96 bits per heavy atom. The number of methoxy groups -OCH3 is 1. The van der Waals surface area contributed by atoms with Crippen LogP contribution < -0.4 is 15.5 Å². The van der Waals surface area contributed by atoms with Gasteiger partial charge in [-0.05, 0) is 49.9 Å². The molecule has 7 nitrogen and oxygen atoms in total. The number of anilines is 1. The van der Waals surface area contributed by atoms with E-state index in [-0.39, 0.29) is 29.8 Å². The molecule has 2 N–H and O–H groups in total. The van der Waals surface area contributed by atoms with Crippen LogP contribution in [-0.2, 0) is 9.59 Å². The van der Waals surface area contributed by atoms with Gasteiger partial charge in [0.25, 0.3) is 0 Å². The molecule has 1 aromatic rings. The van der Waals surface area contributed by atoms with Crippen molar-refractivity contribution in [2.24, 2.45) is 5.92 Å². The fourth-order valence-corrected chi connectivity index (χ4v) is 4.60. The van der Waals surface area contributed by atoms with Crippen molar-refractivity contribution in [1.29, 1.82) is 0 Å². The lowest BCUT2D eigenvalue weighted by Crippen LogP contribution is -2.67. The van der Waals surface area contributed by atoms with Crippen LogP contribution in [0.4, 0.5) is 5.69 Å². The van der Waals surface area contributed by atoms with E-state index in [9.17, 15) is 9.59 Å². The number of carbonyl (C=O) groups excluding carboxylic acids is 2. The molecular weight excluding hydrogens is 332 g/mol. The van der Waals surface area contributed by atoms with Crippen LogP contribution >= 0.6 is 0 Å². The summed E-state index contributed by atoms with van der Waals surface area (Å²) in [6.07, 6.45) is 3.34. The van der Waals surface area contributed by atoms with Crippen molar-refractivity contribution in [3.63, 3.8) is 0 Å². The third-order valence-corrected chi connectivity index (χ3v) is 6.04.